The Morgan fingerprint density at radius 2 is 2.07 bits per heavy atom. The van der Waals surface area contributed by atoms with Crippen LogP contribution in [0.1, 0.15) is 85.7 Å². The zero-order valence-electron chi connectivity index (χ0n) is 24.8. The van der Waals surface area contributed by atoms with Crippen molar-refractivity contribution in [2.45, 2.75) is 76.9 Å². The van der Waals surface area contributed by atoms with Crippen LogP contribution in [-0.4, -0.2) is 54.7 Å². The number of nitrogens with one attached hydrogen (secondary N) is 3. The van der Waals surface area contributed by atoms with Crippen molar-refractivity contribution in [3.8, 4) is 5.75 Å². The van der Waals surface area contributed by atoms with Crippen molar-refractivity contribution in [3.05, 3.63) is 56.9 Å². The van der Waals surface area contributed by atoms with E-state index in [1.165, 1.54) is 12.1 Å². The molecule has 1 aromatic heterocycles. The highest BCUT2D eigenvalue weighted by molar-refractivity contribution is 7.95. The largest absolute Gasteiger partial charge is 0.491 e. The third kappa shape index (κ3) is 8.90. The van der Waals surface area contributed by atoms with Crippen LogP contribution in [0.2, 0.25) is 0 Å². The summed E-state index contributed by atoms with van der Waals surface area (Å²) in [7, 11) is 3.71. The summed E-state index contributed by atoms with van der Waals surface area (Å²) < 4.78 is 16.6. The lowest BCUT2D eigenvalue weighted by Gasteiger charge is -2.24. The second kappa shape index (κ2) is 15.5. The van der Waals surface area contributed by atoms with Gasteiger partial charge in [0.1, 0.15) is 17.2 Å². The maximum Gasteiger partial charge on any atom is 0.262 e. The van der Waals surface area contributed by atoms with E-state index in [0.29, 0.717) is 47.1 Å². The molecule has 1 aromatic carbocycles. The standard InChI is InChI=1S/C30H42Cl2N6O3S/c1-5-34-18(2)15-21(13-14-40-26-16-20(11-12-25(26)33)30(39)37-42-38(3)4)35-17-22-28(36-41-29(22)19-9-10-19)27-23(31)7-6-8-24(27)32/h7,11-12,16,18-19,21,34-35H,5-6,8-10,13-15,17,33H2,1-4H3,(H,37,39). The monoisotopic (exact) mass is 636 g/mol. The van der Waals surface area contributed by atoms with E-state index in [1.54, 1.807) is 22.5 Å². The van der Waals surface area contributed by atoms with Crippen molar-refractivity contribution in [1.82, 2.24) is 24.8 Å². The summed E-state index contributed by atoms with van der Waals surface area (Å²) in [5.74, 6) is 1.60. The van der Waals surface area contributed by atoms with Crippen LogP contribution in [0.5, 0.6) is 5.75 Å². The quantitative estimate of drug-likeness (QED) is 0.127. The SMILES string of the molecule is CCNC(C)CC(CCOc1cc(C(=O)NSN(C)C)ccc1N)NCc1c(C2=C(Cl)CCC=C2Cl)noc1C1CC1. The van der Waals surface area contributed by atoms with Crippen LogP contribution in [0.15, 0.2) is 38.9 Å². The van der Waals surface area contributed by atoms with Gasteiger partial charge in [-0.15, -0.1) is 0 Å². The van der Waals surface area contributed by atoms with Crippen molar-refractivity contribution in [3.63, 3.8) is 0 Å². The van der Waals surface area contributed by atoms with Gasteiger partial charge in [0, 0.05) is 63.4 Å². The number of allylic oxidation sites excluding steroid dienone is 4. The summed E-state index contributed by atoms with van der Waals surface area (Å²) in [5.41, 5.74) is 9.71. The van der Waals surface area contributed by atoms with Crippen molar-refractivity contribution < 1.29 is 14.1 Å². The lowest BCUT2D eigenvalue weighted by Crippen LogP contribution is -2.38. The molecule has 5 N–H and O–H groups in total. The molecule has 1 saturated carbocycles. The summed E-state index contributed by atoms with van der Waals surface area (Å²) in [6, 6.07) is 5.51. The van der Waals surface area contributed by atoms with Gasteiger partial charge in [0.2, 0.25) is 0 Å². The van der Waals surface area contributed by atoms with Crippen molar-refractivity contribution >= 4 is 52.5 Å². The number of benzene rings is 1. The fourth-order valence-corrected chi connectivity index (χ4v) is 6.04. The summed E-state index contributed by atoms with van der Waals surface area (Å²) in [6.07, 6.45) is 7.37. The molecule has 42 heavy (non-hydrogen) atoms. The van der Waals surface area contributed by atoms with Crippen LogP contribution >= 0.6 is 35.3 Å². The molecule has 4 rings (SSSR count). The Morgan fingerprint density at radius 3 is 2.76 bits per heavy atom. The average molecular weight is 638 g/mol. The molecule has 0 radical (unpaired) electrons. The molecule has 9 nitrogen and oxygen atoms in total. The minimum atomic E-state index is -0.211. The zero-order valence-corrected chi connectivity index (χ0v) is 27.1. The average Bonchev–Trinajstić information content (AvgIpc) is 3.71. The van der Waals surface area contributed by atoms with E-state index in [-0.39, 0.29) is 11.9 Å². The second-order valence-electron chi connectivity index (χ2n) is 11.0. The topological polar surface area (TPSA) is 118 Å². The molecule has 2 unspecified atom stereocenters. The van der Waals surface area contributed by atoms with Crippen molar-refractivity contribution in [2.75, 3.05) is 33.0 Å². The number of anilines is 1. The first-order valence-corrected chi connectivity index (χ1v) is 16.1. The van der Waals surface area contributed by atoms with Crippen molar-refractivity contribution in [1.29, 1.82) is 0 Å². The van der Waals surface area contributed by atoms with Gasteiger partial charge in [0.25, 0.3) is 5.91 Å². The molecule has 230 valence electrons. The van der Waals surface area contributed by atoms with Crippen LogP contribution < -0.4 is 25.8 Å². The van der Waals surface area contributed by atoms with Crippen LogP contribution in [0.25, 0.3) is 5.57 Å². The lowest BCUT2D eigenvalue weighted by atomic mass is 9.98. The maximum absolute atomic E-state index is 12.5. The predicted octanol–water partition coefficient (Wildman–Crippen LogP) is 6.17. The van der Waals surface area contributed by atoms with Gasteiger partial charge in [0.05, 0.1) is 12.3 Å². The molecule has 0 aliphatic heterocycles. The summed E-state index contributed by atoms with van der Waals surface area (Å²) >= 11 is 14.5. The van der Waals surface area contributed by atoms with E-state index in [1.807, 2.05) is 20.2 Å². The number of carbonyl (C=O) groups excluding carboxylic acids is 1. The highest BCUT2D eigenvalue weighted by Gasteiger charge is 2.34. The van der Waals surface area contributed by atoms with Gasteiger partial charge in [-0.3, -0.25) is 9.52 Å². The molecule has 1 fully saturated rings. The Balaban J connectivity index is 1.46. The Morgan fingerprint density at radius 1 is 1.29 bits per heavy atom. The number of hydrogen-bond acceptors (Lipinski definition) is 9. The summed E-state index contributed by atoms with van der Waals surface area (Å²) in [6.45, 7) is 6.18. The number of nitrogen functional groups attached to an aromatic ring is 1. The molecule has 0 spiro atoms. The summed E-state index contributed by atoms with van der Waals surface area (Å²) in [5, 5.41) is 13.1. The number of hydrogen-bond donors (Lipinski definition) is 4. The minimum Gasteiger partial charge on any atom is -0.491 e. The van der Waals surface area contributed by atoms with E-state index in [0.717, 1.165) is 72.7 Å². The molecule has 0 saturated heterocycles. The number of nitrogens with two attached hydrogens (primary N) is 1. The lowest BCUT2D eigenvalue weighted by molar-refractivity contribution is 0.0983. The molecule has 2 aliphatic carbocycles. The molecule has 12 heteroatoms. The minimum absolute atomic E-state index is 0.125. The Bertz CT molecular complexity index is 1290. The van der Waals surface area contributed by atoms with Gasteiger partial charge in [0.15, 0.2) is 0 Å². The fourth-order valence-electron chi connectivity index (χ4n) is 4.99. The molecular weight excluding hydrogens is 595 g/mol. The van der Waals surface area contributed by atoms with Gasteiger partial charge in [-0.05, 0) is 84.3 Å². The van der Waals surface area contributed by atoms with Crippen LogP contribution in [0.3, 0.4) is 0 Å². The van der Waals surface area contributed by atoms with Gasteiger partial charge >= 0.3 is 0 Å². The van der Waals surface area contributed by atoms with E-state index in [9.17, 15) is 4.79 Å². The normalized spacial score (nSPS) is 16.9. The summed E-state index contributed by atoms with van der Waals surface area (Å²) in [4.78, 5) is 12.5. The van der Waals surface area contributed by atoms with Crippen LogP contribution in [-0.2, 0) is 6.54 Å². The van der Waals surface area contributed by atoms with Crippen LogP contribution in [0, 0.1) is 0 Å². The van der Waals surface area contributed by atoms with Gasteiger partial charge in [-0.25, -0.2) is 4.31 Å². The molecular formula is C30H42Cl2N6O3S. The number of nitrogens with zero attached hydrogens (tertiary/aromatic N) is 2. The first-order chi connectivity index (χ1) is 20.2. The highest BCUT2D eigenvalue weighted by atomic mass is 35.5. The van der Waals surface area contributed by atoms with E-state index < -0.39 is 0 Å². The van der Waals surface area contributed by atoms with Gasteiger partial charge < -0.3 is 25.6 Å². The number of rotatable bonds is 16. The van der Waals surface area contributed by atoms with E-state index in [2.05, 4.69) is 34.4 Å². The Labute approximate surface area is 263 Å². The Hall–Kier alpha value is -2.21. The third-order valence-electron chi connectivity index (χ3n) is 7.28. The van der Waals surface area contributed by atoms with E-state index in [4.69, 9.17) is 38.2 Å². The highest BCUT2D eigenvalue weighted by Crippen LogP contribution is 2.46. The first kappa shape index (κ1) is 32.7. The zero-order chi connectivity index (χ0) is 30.2. The molecule has 2 atom stereocenters. The smallest absolute Gasteiger partial charge is 0.262 e. The number of ether oxygens (including phenoxy) is 1. The number of halogens is 2. The second-order valence-corrected chi connectivity index (χ2v) is 13.0. The van der Waals surface area contributed by atoms with Crippen LogP contribution in [0.4, 0.5) is 5.69 Å². The number of carbonyl (C=O) groups is 1. The molecule has 0 bridgehead atoms. The number of amides is 1. The van der Waals surface area contributed by atoms with Gasteiger partial charge in [-0.2, -0.15) is 0 Å². The first-order valence-electron chi connectivity index (χ1n) is 14.5. The molecule has 2 aromatic rings. The molecule has 1 amide bonds. The van der Waals surface area contributed by atoms with Gasteiger partial charge in [-0.1, -0.05) is 41.4 Å². The molecule has 1 heterocycles. The number of aromatic nitrogens is 1. The fraction of sp³-hybridized carbons (Fsp3) is 0.533. The maximum atomic E-state index is 12.5. The third-order valence-corrected chi connectivity index (χ3v) is 8.64. The predicted molar refractivity (Wildman–Crippen MR) is 173 cm³/mol. The molecule has 2 aliphatic rings. The Kier molecular flexibility index (Phi) is 12.1. The van der Waals surface area contributed by atoms with Crippen molar-refractivity contribution in [2.24, 2.45) is 0 Å². The van der Waals surface area contributed by atoms with E-state index >= 15 is 0 Å².